The molecule has 1 aromatic heterocycles. The fourth-order valence-electron chi connectivity index (χ4n) is 2.97. The van der Waals surface area contributed by atoms with Crippen LogP contribution in [-0.4, -0.2) is 31.5 Å². The molecular formula is C23H20Cl2N2O5S. The van der Waals surface area contributed by atoms with Crippen molar-refractivity contribution in [2.24, 2.45) is 0 Å². The highest BCUT2D eigenvalue weighted by molar-refractivity contribution is 7.19. The van der Waals surface area contributed by atoms with Crippen molar-refractivity contribution in [1.82, 2.24) is 0 Å². The summed E-state index contributed by atoms with van der Waals surface area (Å²) in [5, 5.41) is 5.98. The van der Waals surface area contributed by atoms with Gasteiger partial charge in [-0.25, -0.2) is 4.79 Å². The molecule has 0 bridgehead atoms. The Bertz CT molecular complexity index is 1230. The van der Waals surface area contributed by atoms with Crippen LogP contribution in [-0.2, 0) is 9.53 Å². The quantitative estimate of drug-likeness (QED) is 0.399. The Morgan fingerprint density at radius 1 is 1.00 bits per heavy atom. The lowest BCUT2D eigenvalue weighted by atomic mass is 10.1. The largest absolute Gasteiger partial charge is 0.483 e. The number of nitrogens with one attached hydrogen (secondary N) is 2. The summed E-state index contributed by atoms with van der Waals surface area (Å²) in [6.07, 6.45) is 0. The van der Waals surface area contributed by atoms with Gasteiger partial charge in [-0.3, -0.25) is 9.59 Å². The smallest absolute Gasteiger partial charge is 0.341 e. The Labute approximate surface area is 204 Å². The van der Waals surface area contributed by atoms with Gasteiger partial charge in [0.25, 0.3) is 11.8 Å². The molecule has 3 rings (SSSR count). The molecule has 0 aliphatic heterocycles. The molecule has 2 amide bonds. The second-order valence-electron chi connectivity index (χ2n) is 6.91. The van der Waals surface area contributed by atoms with Crippen molar-refractivity contribution < 1.29 is 23.9 Å². The fourth-order valence-corrected chi connectivity index (χ4v) is 4.42. The number of hydrogen-bond acceptors (Lipinski definition) is 6. The molecule has 0 aliphatic carbocycles. The Balaban J connectivity index is 1.82. The summed E-state index contributed by atoms with van der Waals surface area (Å²) in [6.45, 7) is 3.18. The van der Waals surface area contributed by atoms with Crippen molar-refractivity contribution in [2.45, 2.75) is 13.8 Å². The van der Waals surface area contributed by atoms with Crippen molar-refractivity contribution in [1.29, 1.82) is 0 Å². The van der Waals surface area contributed by atoms with Crippen LogP contribution in [0.4, 0.5) is 10.7 Å². The first kappa shape index (κ1) is 24.6. The summed E-state index contributed by atoms with van der Waals surface area (Å²) < 4.78 is 10.4. The second-order valence-corrected chi connectivity index (χ2v) is 8.72. The molecule has 0 spiro atoms. The highest BCUT2D eigenvalue weighted by atomic mass is 35.5. The number of anilines is 2. The number of methoxy groups -OCH3 is 1. The first-order valence-electron chi connectivity index (χ1n) is 9.68. The van der Waals surface area contributed by atoms with Crippen molar-refractivity contribution >= 4 is 63.0 Å². The van der Waals surface area contributed by atoms with Crippen LogP contribution in [0.2, 0.25) is 10.0 Å². The van der Waals surface area contributed by atoms with E-state index in [-0.39, 0.29) is 32.1 Å². The summed E-state index contributed by atoms with van der Waals surface area (Å²) in [5.41, 5.74) is 1.65. The van der Waals surface area contributed by atoms with E-state index in [9.17, 15) is 14.4 Å². The summed E-state index contributed by atoms with van der Waals surface area (Å²) >= 11 is 13.1. The number of aryl methyl sites for hydroxylation is 1. The number of carbonyl (C=O) groups excluding carboxylic acids is 3. The van der Waals surface area contributed by atoms with Crippen molar-refractivity contribution in [3.05, 3.63) is 74.1 Å². The van der Waals surface area contributed by atoms with Crippen molar-refractivity contribution in [3.8, 4) is 5.75 Å². The van der Waals surface area contributed by atoms with Gasteiger partial charge in [0.15, 0.2) is 6.61 Å². The molecule has 10 heteroatoms. The third-order valence-corrected chi connectivity index (χ3v) is 6.67. The number of ether oxygens (including phenoxy) is 2. The SMILES string of the molecule is COC(=O)c1c(NC(=O)COc2ccccc2C)sc(C(=O)Nc2cccc(Cl)c2Cl)c1C. The number of carbonyl (C=O) groups is 3. The molecule has 172 valence electrons. The highest BCUT2D eigenvalue weighted by Crippen LogP contribution is 2.35. The zero-order valence-corrected chi connectivity index (χ0v) is 20.3. The zero-order valence-electron chi connectivity index (χ0n) is 18.0. The van der Waals surface area contributed by atoms with Gasteiger partial charge in [0.05, 0.1) is 33.3 Å². The Morgan fingerprint density at radius 3 is 2.42 bits per heavy atom. The van der Waals surface area contributed by atoms with Crippen LogP contribution in [0.3, 0.4) is 0 Å². The van der Waals surface area contributed by atoms with Crippen LogP contribution >= 0.6 is 34.5 Å². The lowest BCUT2D eigenvalue weighted by Gasteiger charge is -2.09. The van der Waals surface area contributed by atoms with Gasteiger partial charge in [-0.2, -0.15) is 0 Å². The minimum atomic E-state index is -0.682. The molecule has 0 atom stereocenters. The molecule has 2 N–H and O–H groups in total. The first-order chi connectivity index (χ1) is 15.7. The molecule has 0 aliphatic rings. The van der Waals surface area contributed by atoms with Crippen LogP contribution in [0.25, 0.3) is 0 Å². The standard InChI is InChI=1S/C23H20Cl2N2O5S/c1-12-7-4-5-10-16(12)32-11-17(28)27-22-18(23(30)31-3)13(2)20(33-22)21(29)26-15-9-6-8-14(24)19(15)25/h4-10H,11H2,1-3H3,(H,26,29)(H,27,28). The number of rotatable bonds is 7. The predicted octanol–water partition coefficient (Wildman–Crippen LogP) is 5.73. The van der Waals surface area contributed by atoms with Crippen LogP contribution in [0.15, 0.2) is 42.5 Å². The van der Waals surface area contributed by atoms with Crippen LogP contribution in [0.1, 0.15) is 31.2 Å². The van der Waals surface area contributed by atoms with E-state index in [2.05, 4.69) is 10.6 Å². The topological polar surface area (TPSA) is 93.7 Å². The Kier molecular flexibility index (Phi) is 7.97. The second kappa shape index (κ2) is 10.7. The summed E-state index contributed by atoms with van der Waals surface area (Å²) in [5.74, 6) is -1.11. The normalized spacial score (nSPS) is 10.5. The van der Waals surface area contributed by atoms with Gasteiger partial charge in [-0.15, -0.1) is 11.3 Å². The van der Waals surface area contributed by atoms with Gasteiger partial charge in [0.2, 0.25) is 0 Å². The van der Waals surface area contributed by atoms with Crippen molar-refractivity contribution in [2.75, 3.05) is 24.4 Å². The molecule has 0 fully saturated rings. The molecule has 3 aromatic rings. The molecule has 33 heavy (non-hydrogen) atoms. The number of esters is 1. The molecular weight excluding hydrogens is 487 g/mol. The van der Waals surface area contributed by atoms with Crippen LogP contribution < -0.4 is 15.4 Å². The lowest BCUT2D eigenvalue weighted by Crippen LogP contribution is -2.21. The van der Waals surface area contributed by atoms with E-state index >= 15 is 0 Å². The third-order valence-electron chi connectivity index (χ3n) is 4.65. The molecule has 0 saturated carbocycles. The number of para-hydroxylation sites is 1. The van der Waals surface area contributed by atoms with E-state index in [1.807, 2.05) is 19.1 Å². The van der Waals surface area contributed by atoms with E-state index < -0.39 is 17.8 Å². The van der Waals surface area contributed by atoms with Gasteiger partial charge in [0, 0.05) is 0 Å². The average Bonchev–Trinajstić information content (AvgIpc) is 3.11. The van der Waals surface area contributed by atoms with Crippen molar-refractivity contribution in [3.63, 3.8) is 0 Å². The van der Waals surface area contributed by atoms with Gasteiger partial charge in [-0.05, 0) is 43.2 Å². The molecule has 1 heterocycles. The summed E-state index contributed by atoms with van der Waals surface area (Å²) in [7, 11) is 1.22. The maximum atomic E-state index is 12.9. The van der Waals surface area contributed by atoms with Gasteiger partial charge in [0.1, 0.15) is 10.8 Å². The van der Waals surface area contributed by atoms with E-state index in [4.69, 9.17) is 32.7 Å². The van der Waals surface area contributed by atoms with Gasteiger partial charge >= 0.3 is 5.97 Å². The molecule has 0 unspecified atom stereocenters. The Hall–Kier alpha value is -3.07. The van der Waals surface area contributed by atoms with E-state index in [1.54, 1.807) is 37.3 Å². The van der Waals surface area contributed by atoms with Gasteiger partial charge < -0.3 is 20.1 Å². The van der Waals surface area contributed by atoms with Gasteiger partial charge in [-0.1, -0.05) is 47.5 Å². The number of hydrogen-bond donors (Lipinski definition) is 2. The maximum absolute atomic E-state index is 12.9. The molecule has 7 nitrogen and oxygen atoms in total. The monoisotopic (exact) mass is 506 g/mol. The van der Waals surface area contributed by atoms with Crippen LogP contribution in [0.5, 0.6) is 5.75 Å². The average molecular weight is 507 g/mol. The molecule has 0 radical (unpaired) electrons. The minimum absolute atomic E-state index is 0.0917. The Morgan fingerprint density at radius 2 is 1.73 bits per heavy atom. The maximum Gasteiger partial charge on any atom is 0.341 e. The van der Waals surface area contributed by atoms with E-state index in [0.29, 0.717) is 17.0 Å². The van der Waals surface area contributed by atoms with E-state index in [0.717, 1.165) is 16.9 Å². The summed E-state index contributed by atoms with van der Waals surface area (Å²) in [6, 6.07) is 12.1. The third kappa shape index (κ3) is 5.65. The fraction of sp³-hybridized carbons (Fsp3) is 0.174. The number of thiophene rings is 1. The van der Waals surface area contributed by atoms with E-state index in [1.165, 1.54) is 7.11 Å². The molecule has 2 aromatic carbocycles. The minimum Gasteiger partial charge on any atom is -0.483 e. The number of halogens is 2. The highest BCUT2D eigenvalue weighted by Gasteiger charge is 2.27. The number of amides is 2. The lowest BCUT2D eigenvalue weighted by molar-refractivity contribution is -0.118. The predicted molar refractivity (Wildman–Crippen MR) is 130 cm³/mol. The molecule has 0 saturated heterocycles. The zero-order chi connectivity index (χ0) is 24.1. The van der Waals surface area contributed by atoms with Crippen LogP contribution in [0, 0.1) is 13.8 Å². The number of benzene rings is 2. The first-order valence-corrected chi connectivity index (χ1v) is 11.3. The summed E-state index contributed by atoms with van der Waals surface area (Å²) in [4.78, 5) is 38.0.